The number of aromatic nitrogens is 5. The number of para-hydroxylation sites is 1. The molecular weight excluding hydrogens is 440 g/mol. The molecule has 0 spiro atoms. The topological polar surface area (TPSA) is 92.8 Å². The highest BCUT2D eigenvalue weighted by molar-refractivity contribution is 5.81. The standard InChI is InChI=1S/C27H26N6O2/c1-16-11-20-14-22(27(34)28-23(20)12-17(16)2)25(33-18(3)13-19-7-4-5-9-24(19)33)26-29-30-31-32(26)15-21-8-6-10-35-21/h4-12,14,18,25H,13,15H2,1-3H3,(H,28,34). The second-order valence-electron chi connectivity index (χ2n) is 9.34. The van der Waals surface area contributed by atoms with Gasteiger partial charge in [-0.1, -0.05) is 18.2 Å². The SMILES string of the molecule is Cc1cc2cc(C(c3nnnn3Cc3ccco3)N3c4ccccc4CC3C)c(=O)[nH]c2cc1C. The zero-order valence-corrected chi connectivity index (χ0v) is 19.9. The second kappa shape index (κ2) is 8.23. The van der Waals surface area contributed by atoms with Crippen LogP contribution in [0.5, 0.6) is 0 Å². The van der Waals surface area contributed by atoms with Crippen LogP contribution in [-0.2, 0) is 13.0 Å². The van der Waals surface area contributed by atoms with Crippen LogP contribution in [0, 0.1) is 13.8 Å². The van der Waals surface area contributed by atoms with Crippen molar-refractivity contribution in [3.05, 3.63) is 105 Å². The number of hydrogen-bond acceptors (Lipinski definition) is 6. The molecule has 0 saturated carbocycles. The number of hydrogen-bond donors (Lipinski definition) is 1. The third kappa shape index (κ3) is 3.62. The lowest BCUT2D eigenvalue weighted by Crippen LogP contribution is -2.38. The van der Waals surface area contributed by atoms with Gasteiger partial charge >= 0.3 is 0 Å². The first-order chi connectivity index (χ1) is 17.0. The van der Waals surface area contributed by atoms with E-state index in [9.17, 15) is 4.79 Å². The van der Waals surface area contributed by atoms with Crippen LogP contribution in [0.15, 0.2) is 70.1 Å². The molecule has 2 atom stereocenters. The van der Waals surface area contributed by atoms with Gasteiger partial charge in [0.25, 0.3) is 5.56 Å². The Balaban J connectivity index is 1.57. The Morgan fingerprint density at radius 2 is 1.94 bits per heavy atom. The van der Waals surface area contributed by atoms with Gasteiger partial charge < -0.3 is 14.3 Å². The highest BCUT2D eigenvalue weighted by atomic mass is 16.3. The Morgan fingerprint density at radius 3 is 2.77 bits per heavy atom. The molecule has 4 heterocycles. The fourth-order valence-corrected chi connectivity index (χ4v) is 5.16. The number of benzene rings is 2. The van der Waals surface area contributed by atoms with Crippen molar-refractivity contribution >= 4 is 16.6 Å². The average molecular weight is 467 g/mol. The zero-order valence-electron chi connectivity index (χ0n) is 19.9. The first-order valence-electron chi connectivity index (χ1n) is 11.8. The van der Waals surface area contributed by atoms with Crippen molar-refractivity contribution in [3.8, 4) is 0 Å². The number of nitrogens with one attached hydrogen (secondary N) is 1. The zero-order chi connectivity index (χ0) is 24.1. The summed E-state index contributed by atoms with van der Waals surface area (Å²) in [6.45, 7) is 6.69. The van der Waals surface area contributed by atoms with Crippen molar-refractivity contribution in [1.82, 2.24) is 25.2 Å². The number of aryl methyl sites for hydroxylation is 2. The summed E-state index contributed by atoms with van der Waals surface area (Å²) in [5, 5.41) is 13.7. The quantitative estimate of drug-likeness (QED) is 0.415. The molecule has 0 saturated heterocycles. The van der Waals surface area contributed by atoms with Crippen molar-refractivity contribution < 1.29 is 4.42 Å². The summed E-state index contributed by atoms with van der Waals surface area (Å²) in [7, 11) is 0. The van der Waals surface area contributed by atoms with Gasteiger partial charge in [0, 0.05) is 22.8 Å². The van der Waals surface area contributed by atoms with Gasteiger partial charge in [-0.15, -0.1) is 5.10 Å². The summed E-state index contributed by atoms with van der Waals surface area (Å²) in [5.74, 6) is 1.34. The predicted molar refractivity (Wildman–Crippen MR) is 134 cm³/mol. The van der Waals surface area contributed by atoms with Crippen molar-refractivity contribution in [2.75, 3.05) is 4.90 Å². The number of pyridine rings is 1. The van der Waals surface area contributed by atoms with E-state index >= 15 is 0 Å². The number of furan rings is 1. The van der Waals surface area contributed by atoms with E-state index in [4.69, 9.17) is 4.42 Å². The van der Waals surface area contributed by atoms with Crippen LogP contribution in [0.1, 0.15) is 46.8 Å². The minimum Gasteiger partial charge on any atom is -0.467 e. The fourth-order valence-electron chi connectivity index (χ4n) is 5.16. The summed E-state index contributed by atoms with van der Waals surface area (Å²) in [5.41, 5.74) is 5.95. The lowest BCUT2D eigenvalue weighted by atomic mass is 10.00. The lowest BCUT2D eigenvalue weighted by Gasteiger charge is -2.33. The number of aromatic amines is 1. The molecule has 0 radical (unpaired) electrons. The molecule has 8 heteroatoms. The fraction of sp³-hybridized carbons (Fsp3) is 0.259. The minimum atomic E-state index is -0.478. The first-order valence-corrected chi connectivity index (χ1v) is 11.8. The van der Waals surface area contributed by atoms with Gasteiger partial charge in [-0.3, -0.25) is 4.79 Å². The number of tetrazole rings is 1. The normalized spacial score (nSPS) is 16.1. The second-order valence-corrected chi connectivity index (χ2v) is 9.34. The largest absolute Gasteiger partial charge is 0.467 e. The van der Waals surface area contributed by atoms with Crippen LogP contribution in [-0.4, -0.2) is 31.2 Å². The van der Waals surface area contributed by atoms with Gasteiger partial charge in [-0.25, -0.2) is 4.68 Å². The molecule has 1 aliphatic rings. The molecule has 35 heavy (non-hydrogen) atoms. The van der Waals surface area contributed by atoms with E-state index in [2.05, 4.69) is 70.4 Å². The van der Waals surface area contributed by atoms with E-state index in [-0.39, 0.29) is 11.6 Å². The minimum absolute atomic E-state index is 0.144. The van der Waals surface area contributed by atoms with Crippen molar-refractivity contribution in [3.63, 3.8) is 0 Å². The maximum Gasteiger partial charge on any atom is 0.254 e. The molecule has 1 aliphatic heterocycles. The summed E-state index contributed by atoms with van der Waals surface area (Å²) >= 11 is 0. The van der Waals surface area contributed by atoms with Gasteiger partial charge in [0.05, 0.1) is 6.26 Å². The highest BCUT2D eigenvalue weighted by Crippen LogP contribution is 2.40. The Bertz CT molecular complexity index is 1580. The van der Waals surface area contributed by atoms with E-state index in [0.717, 1.165) is 34.3 Å². The predicted octanol–water partition coefficient (Wildman–Crippen LogP) is 4.31. The molecule has 6 rings (SSSR count). The maximum absolute atomic E-state index is 13.6. The van der Waals surface area contributed by atoms with Gasteiger partial charge in [-0.2, -0.15) is 0 Å². The van der Waals surface area contributed by atoms with Crippen LogP contribution < -0.4 is 10.5 Å². The summed E-state index contributed by atoms with van der Waals surface area (Å²) in [6, 6.07) is 17.9. The molecule has 5 aromatic rings. The van der Waals surface area contributed by atoms with Gasteiger partial charge in [0.1, 0.15) is 18.3 Å². The summed E-state index contributed by atoms with van der Waals surface area (Å²) in [6.07, 6.45) is 2.52. The van der Waals surface area contributed by atoms with Gasteiger partial charge in [0.2, 0.25) is 0 Å². The first kappa shape index (κ1) is 21.3. The monoisotopic (exact) mass is 466 g/mol. The number of anilines is 1. The molecule has 3 aromatic heterocycles. The molecule has 176 valence electrons. The smallest absolute Gasteiger partial charge is 0.254 e. The molecule has 0 amide bonds. The van der Waals surface area contributed by atoms with Crippen molar-refractivity contribution in [2.45, 2.75) is 45.8 Å². The molecule has 0 aliphatic carbocycles. The van der Waals surface area contributed by atoms with E-state index in [1.165, 1.54) is 11.1 Å². The Hall–Kier alpha value is -4.20. The molecule has 0 fully saturated rings. The number of fused-ring (bicyclic) bond motifs is 2. The van der Waals surface area contributed by atoms with Crippen LogP contribution in [0.3, 0.4) is 0 Å². The Morgan fingerprint density at radius 1 is 1.11 bits per heavy atom. The maximum atomic E-state index is 13.6. The van der Waals surface area contributed by atoms with Crippen LogP contribution in [0.2, 0.25) is 0 Å². The molecule has 0 bridgehead atoms. The number of nitrogens with zero attached hydrogens (tertiary/aromatic N) is 5. The van der Waals surface area contributed by atoms with Gasteiger partial charge in [-0.05, 0) is 96.1 Å². The van der Waals surface area contributed by atoms with E-state index in [1.807, 2.05) is 30.3 Å². The van der Waals surface area contributed by atoms with Crippen LogP contribution in [0.25, 0.3) is 10.9 Å². The number of H-pyrrole nitrogens is 1. The Labute approximate surface area is 202 Å². The molecular formula is C27H26N6O2. The Kier molecular flexibility index (Phi) is 5.02. The van der Waals surface area contributed by atoms with Crippen LogP contribution >= 0.6 is 0 Å². The molecule has 8 nitrogen and oxygen atoms in total. The average Bonchev–Trinajstić information content (AvgIpc) is 3.58. The molecule has 1 N–H and O–H groups in total. The lowest BCUT2D eigenvalue weighted by molar-refractivity contribution is 0.460. The third-order valence-electron chi connectivity index (χ3n) is 7.01. The van der Waals surface area contributed by atoms with E-state index in [1.54, 1.807) is 10.9 Å². The van der Waals surface area contributed by atoms with Crippen molar-refractivity contribution in [1.29, 1.82) is 0 Å². The summed E-state index contributed by atoms with van der Waals surface area (Å²) < 4.78 is 7.28. The molecule has 2 unspecified atom stereocenters. The number of rotatable bonds is 5. The van der Waals surface area contributed by atoms with Crippen molar-refractivity contribution in [2.24, 2.45) is 0 Å². The highest BCUT2D eigenvalue weighted by Gasteiger charge is 2.38. The van der Waals surface area contributed by atoms with Gasteiger partial charge in [0.15, 0.2) is 5.82 Å². The van der Waals surface area contributed by atoms with Crippen LogP contribution in [0.4, 0.5) is 5.69 Å². The van der Waals surface area contributed by atoms with E-state index in [0.29, 0.717) is 17.9 Å². The summed E-state index contributed by atoms with van der Waals surface area (Å²) in [4.78, 5) is 19.0. The molecule has 2 aromatic carbocycles. The van der Waals surface area contributed by atoms with E-state index < -0.39 is 6.04 Å². The third-order valence-corrected chi connectivity index (χ3v) is 7.01.